The van der Waals surface area contributed by atoms with E-state index in [1.54, 1.807) is 22.8 Å². The van der Waals surface area contributed by atoms with E-state index in [4.69, 9.17) is 14.5 Å². The van der Waals surface area contributed by atoms with Gasteiger partial charge in [0.1, 0.15) is 11.0 Å². The van der Waals surface area contributed by atoms with E-state index in [1.165, 1.54) is 11.8 Å². The van der Waals surface area contributed by atoms with Crippen LogP contribution in [0.3, 0.4) is 0 Å². The van der Waals surface area contributed by atoms with Gasteiger partial charge >= 0.3 is 0 Å². The fraction of sp³-hybridized carbons (Fsp3) is 0.240. The maximum absolute atomic E-state index is 13.4. The van der Waals surface area contributed by atoms with Gasteiger partial charge in [0.2, 0.25) is 12.7 Å². The van der Waals surface area contributed by atoms with Crippen LogP contribution in [-0.4, -0.2) is 32.6 Å². The molecule has 1 aliphatic rings. The minimum Gasteiger partial charge on any atom is -0.454 e. The Morgan fingerprint density at radius 1 is 1.15 bits per heavy atom. The van der Waals surface area contributed by atoms with Crippen molar-refractivity contribution >= 4 is 34.4 Å². The van der Waals surface area contributed by atoms with Crippen molar-refractivity contribution in [2.24, 2.45) is 7.05 Å². The SMILES string of the molecule is CCCn1c(SCC(=O)Nc2ccc3c(c2)OCO3)nc2c(-c3ccccc3)cn(C)c2c1=O. The summed E-state index contributed by atoms with van der Waals surface area (Å²) in [5, 5.41) is 3.40. The summed E-state index contributed by atoms with van der Waals surface area (Å²) in [6, 6.07) is 15.1. The first kappa shape index (κ1) is 22.1. The molecule has 8 nitrogen and oxygen atoms in total. The molecule has 0 unspecified atom stereocenters. The first-order valence-electron chi connectivity index (χ1n) is 11.0. The van der Waals surface area contributed by atoms with Gasteiger partial charge in [0, 0.05) is 37.1 Å². The molecule has 0 saturated carbocycles. The number of amides is 1. The van der Waals surface area contributed by atoms with Crippen LogP contribution in [-0.2, 0) is 18.4 Å². The predicted molar refractivity (Wildman–Crippen MR) is 133 cm³/mol. The van der Waals surface area contributed by atoms with E-state index < -0.39 is 0 Å². The van der Waals surface area contributed by atoms with Crippen LogP contribution in [0.2, 0.25) is 0 Å². The molecule has 0 spiro atoms. The van der Waals surface area contributed by atoms with Crippen LogP contribution < -0.4 is 20.3 Å². The molecule has 0 aliphatic carbocycles. The molecule has 0 saturated heterocycles. The van der Waals surface area contributed by atoms with Gasteiger partial charge < -0.3 is 19.4 Å². The average molecular weight is 477 g/mol. The lowest BCUT2D eigenvalue weighted by molar-refractivity contribution is -0.113. The van der Waals surface area contributed by atoms with E-state index in [0.717, 1.165) is 17.5 Å². The van der Waals surface area contributed by atoms with E-state index in [9.17, 15) is 9.59 Å². The van der Waals surface area contributed by atoms with Gasteiger partial charge in [-0.3, -0.25) is 14.2 Å². The Bertz CT molecular complexity index is 1430. The lowest BCUT2D eigenvalue weighted by Crippen LogP contribution is -2.25. The molecule has 2 aromatic heterocycles. The van der Waals surface area contributed by atoms with Crippen LogP contribution >= 0.6 is 11.8 Å². The molecule has 2 aromatic carbocycles. The van der Waals surface area contributed by atoms with Crippen molar-refractivity contribution in [3.05, 3.63) is 65.1 Å². The molecule has 174 valence electrons. The maximum atomic E-state index is 13.4. The molecule has 0 fully saturated rings. The van der Waals surface area contributed by atoms with Crippen molar-refractivity contribution in [1.29, 1.82) is 0 Å². The number of rotatable bonds is 7. The van der Waals surface area contributed by atoms with E-state index in [1.807, 2.05) is 55.1 Å². The Kier molecular flexibility index (Phi) is 6.02. The number of hydrogen-bond acceptors (Lipinski definition) is 6. The second kappa shape index (κ2) is 9.26. The first-order valence-corrected chi connectivity index (χ1v) is 12.0. The summed E-state index contributed by atoms with van der Waals surface area (Å²) in [5.74, 6) is 1.18. The number of ether oxygens (including phenoxy) is 2. The summed E-state index contributed by atoms with van der Waals surface area (Å²) in [4.78, 5) is 31.0. The van der Waals surface area contributed by atoms with Gasteiger partial charge in [-0.05, 0) is 24.1 Å². The van der Waals surface area contributed by atoms with Crippen molar-refractivity contribution in [3.63, 3.8) is 0 Å². The number of carbonyl (C=O) groups is 1. The molecule has 5 rings (SSSR count). The van der Waals surface area contributed by atoms with Gasteiger partial charge in [-0.2, -0.15) is 0 Å². The molecule has 0 atom stereocenters. The highest BCUT2D eigenvalue weighted by Gasteiger charge is 2.19. The minimum atomic E-state index is -0.197. The smallest absolute Gasteiger partial charge is 0.278 e. The van der Waals surface area contributed by atoms with Gasteiger partial charge in [0.05, 0.1) is 5.75 Å². The van der Waals surface area contributed by atoms with Crippen molar-refractivity contribution in [2.45, 2.75) is 25.0 Å². The number of aryl methyl sites for hydroxylation is 1. The largest absolute Gasteiger partial charge is 0.454 e. The summed E-state index contributed by atoms with van der Waals surface area (Å²) in [6.07, 6.45) is 2.71. The Hall–Kier alpha value is -3.72. The lowest BCUT2D eigenvalue weighted by Gasteiger charge is -2.12. The van der Waals surface area contributed by atoms with Crippen LogP contribution in [0.4, 0.5) is 5.69 Å². The number of fused-ring (bicyclic) bond motifs is 2. The Labute approximate surface area is 200 Å². The Morgan fingerprint density at radius 3 is 2.74 bits per heavy atom. The number of benzene rings is 2. The minimum absolute atomic E-state index is 0.102. The number of aromatic nitrogens is 3. The third-order valence-corrected chi connectivity index (χ3v) is 6.54. The predicted octanol–water partition coefficient (Wildman–Crippen LogP) is 4.27. The zero-order valence-corrected chi connectivity index (χ0v) is 19.7. The highest BCUT2D eigenvalue weighted by molar-refractivity contribution is 7.99. The normalized spacial score (nSPS) is 12.3. The molecule has 1 aliphatic heterocycles. The van der Waals surface area contributed by atoms with Crippen LogP contribution in [0.1, 0.15) is 13.3 Å². The number of thioether (sulfide) groups is 1. The van der Waals surface area contributed by atoms with Gasteiger partial charge in [-0.15, -0.1) is 0 Å². The summed E-state index contributed by atoms with van der Waals surface area (Å²) in [6.45, 7) is 2.72. The van der Waals surface area contributed by atoms with Gasteiger partial charge in [0.25, 0.3) is 5.56 Å². The van der Waals surface area contributed by atoms with Crippen LogP contribution in [0, 0.1) is 0 Å². The summed E-state index contributed by atoms with van der Waals surface area (Å²) >= 11 is 1.26. The zero-order valence-electron chi connectivity index (χ0n) is 18.9. The molecular formula is C25H24N4O4S. The Morgan fingerprint density at radius 2 is 1.94 bits per heavy atom. The average Bonchev–Trinajstić information content (AvgIpc) is 3.44. The first-order chi connectivity index (χ1) is 16.5. The highest BCUT2D eigenvalue weighted by atomic mass is 32.2. The van der Waals surface area contributed by atoms with E-state index in [0.29, 0.717) is 39.9 Å². The fourth-order valence-corrected chi connectivity index (χ4v) is 4.83. The highest BCUT2D eigenvalue weighted by Crippen LogP contribution is 2.34. The fourth-order valence-electron chi connectivity index (χ4n) is 4.01. The monoisotopic (exact) mass is 476 g/mol. The Balaban J connectivity index is 1.44. The summed E-state index contributed by atoms with van der Waals surface area (Å²) < 4.78 is 14.2. The van der Waals surface area contributed by atoms with E-state index in [-0.39, 0.29) is 24.0 Å². The van der Waals surface area contributed by atoms with Crippen LogP contribution in [0.5, 0.6) is 11.5 Å². The number of anilines is 1. The van der Waals surface area contributed by atoms with Crippen molar-refractivity contribution in [1.82, 2.24) is 14.1 Å². The maximum Gasteiger partial charge on any atom is 0.278 e. The van der Waals surface area contributed by atoms with Crippen molar-refractivity contribution in [2.75, 3.05) is 17.9 Å². The molecule has 0 bridgehead atoms. The van der Waals surface area contributed by atoms with Crippen LogP contribution in [0.15, 0.2) is 64.7 Å². The number of nitrogens with one attached hydrogen (secondary N) is 1. The quantitative estimate of drug-likeness (QED) is 0.317. The van der Waals surface area contributed by atoms with Crippen molar-refractivity contribution < 1.29 is 14.3 Å². The number of hydrogen-bond donors (Lipinski definition) is 1. The third-order valence-electron chi connectivity index (χ3n) is 5.56. The molecule has 34 heavy (non-hydrogen) atoms. The summed E-state index contributed by atoms with van der Waals surface area (Å²) in [7, 11) is 1.86. The molecule has 1 amide bonds. The van der Waals surface area contributed by atoms with E-state index in [2.05, 4.69) is 5.32 Å². The number of carbonyl (C=O) groups excluding carboxylic acids is 1. The van der Waals surface area contributed by atoms with Crippen molar-refractivity contribution in [3.8, 4) is 22.6 Å². The number of nitrogens with zero attached hydrogens (tertiary/aromatic N) is 3. The second-order valence-electron chi connectivity index (χ2n) is 7.97. The summed E-state index contributed by atoms with van der Waals surface area (Å²) in [5.41, 5.74) is 3.61. The van der Waals surface area contributed by atoms with Gasteiger partial charge in [0.15, 0.2) is 16.7 Å². The molecule has 9 heteroatoms. The molecule has 3 heterocycles. The van der Waals surface area contributed by atoms with Gasteiger partial charge in [-0.25, -0.2) is 4.98 Å². The molecule has 1 N–H and O–H groups in total. The molecule has 0 radical (unpaired) electrons. The molecular weight excluding hydrogens is 452 g/mol. The second-order valence-corrected chi connectivity index (χ2v) is 8.92. The molecule has 4 aromatic rings. The topological polar surface area (TPSA) is 87.4 Å². The zero-order chi connectivity index (χ0) is 23.7. The van der Waals surface area contributed by atoms with Crippen LogP contribution in [0.25, 0.3) is 22.2 Å². The standard InChI is InChI=1S/C25H24N4O4S/c1-3-11-29-24(31)23-22(18(13-28(23)2)16-7-5-4-6-8-16)27-25(29)34-14-21(30)26-17-9-10-19-20(12-17)33-15-32-19/h4-10,12-13H,3,11,14-15H2,1-2H3,(H,26,30). The van der Waals surface area contributed by atoms with E-state index >= 15 is 0 Å². The third kappa shape index (κ3) is 4.14. The lowest BCUT2D eigenvalue weighted by atomic mass is 10.1. The van der Waals surface area contributed by atoms with Gasteiger partial charge in [-0.1, -0.05) is 49.0 Å².